The molecule has 4 rings (SSSR count). The number of pyridine rings is 1. The molecule has 0 fully saturated rings. The molecule has 224 valence electrons. The van der Waals surface area contributed by atoms with Gasteiger partial charge >= 0.3 is 24.5 Å². The average Bonchev–Trinajstić information content (AvgIpc) is 3.40. The van der Waals surface area contributed by atoms with E-state index in [2.05, 4.69) is 4.98 Å². The standard InChI is InChI=1S/C29H22F9NO3/c1-2-41-26(40)24-14-19(29(36,37)38)13-23(39-24)21-5-3-4-20(21)22-12-18(28(33,34)35)10-11-25(22)42-15-16-6-8-17(9-7-16)27(30,31)32/h6-14H,2-5,15H2,1H3. The van der Waals surface area contributed by atoms with E-state index in [0.29, 0.717) is 18.1 Å². The van der Waals surface area contributed by atoms with E-state index in [1.54, 1.807) is 0 Å². The second kappa shape index (κ2) is 11.7. The van der Waals surface area contributed by atoms with Gasteiger partial charge < -0.3 is 9.47 Å². The van der Waals surface area contributed by atoms with E-state index in [1.165, 1.54) is 6.92 Å². The van der Waals surface area contributed by atoms with Gasteiger partial charge in [-0.2, -0.15) is 39.5 Å². The zero-order valence-corrected chi connectivity index (χ0v) is 21.8. The van der Waals surface area contributed by atoms with Gasteiger partial charge in [0.1, 0.15) is 18.1 Å². The SMILES string of the molecule is CCOC(=O)c1cc(C(F)(F)F)cc(C2=C(c3cc(C(F)(F)F)ccc3OCc3ccc(C(F)(F)F)cc3)CCC2)n1. The Labute approximate surface area is 233 Å². The molecular weight excluding hydrogens is 581 g/mol. The molecule has 0 amide bonds. The molecular formula is C29H22F9NO3. The minimum Gasteiger partial charge on any atom is -0.488 e. The first-order valence-electron chi connectivity index (χ1n) is 12.6. The minimum atomic E-state index is -4.86. The summed E-state index contributed by atoms with van der Waals surface area (Å²) in [6.45, 7) is 1.04. The van der Waals surface area contributed by atoms with Gasteiger partial charge in [0.2, 0.25) is 0 Å². The second-order valence-electron chi connectivity index (χ2n) is 9.35. The molecule has 3 aromatic rings. The molecule has 1 aromatic heterocycles. The van der Waals surface area contributed by atoms with Crippen LogP contribution in [0.25, 0.3) is 11.1 Å². The highest BCUT2D eigenvalue weighted by molar-refractivity contribution is 5.95. The third kappa shape index (κ3) is 7.05. The number of esters is 1. The van der Waals surface area contributed by atoms with E-state index >= 15 is 0 Å². The minimum absolute atomic E-state index is 0.0545. The van der Waals surface area contributed by atoms with Crippen LogP contribution in [0.2, 0.25) is 0 Å². The molecule has 1 aliphatic rings. The van der Waals surface area contributed by atoms with Gasteiger partial charge in [-0.1, -0.05) is 12.1 Å². The van der Waals surface area contributed by atoms with Gasteiger partial charge in [-0.05, 0) is 85.4 Å². The number of alkyl halides is 9. The van der Waals surface area contributed by atoms with Crippen molar-refractivity contribution < 1.29 is 53.8 Å². The molecule has 1 heterocycles. The molecule has 0 saturated carbocycles. The number of hydrogen-bond donors (Lipinski definition) is 0. The van der Waals surface area contributed by atoms with Crippen LogP contribution in [-0.4, -0.2) is 17.6 Å². The largest absolute Gasteiger partial charge is 0.488 e. The molecule has 0 spiro atoms. The van der Waals surface area contributed by atoms with Crippen LogP contribution in [0.1, 0.15) is 70.2 Å². The highest BCUT2D eigenvalue weighted by Gasteiger charge is 2.35. The van der Waals surface area contributed by atoms with E-state index in [0.717, 1.165) is 48.5 Å². The van der Waals surface area contributed by atoms with Crippen LogP contribution < -0.4 is 4.74 Å². The first-order valence-corrected chi connectivity index (χ1v) is 12.6. The van der Waals surface area contributed by atoms with Crippen molar-refractivity contribution in [2.45, 2.75) is 51.3 Å². The van der Waals surface area contributed by atoms with Crippen LogP contribution in [0.4, 0.5) is 39.5 Å². The quantitative estimate of drug-likeness (QED) is 0.200. The van der Waals surface area contributed by atoms with E-state index in [4.69, 9.17) is 9.47 Å². The molecule has 13 heteroatoms. The van der Waals surface area contributed by atoms with Gasteiger partial charge in [0.05, 0.1) is 29.0 Å². The molecule has 0 unspecified atom stereocenters. The number of carbonyl (C=O) groups is 1. The van der Waals surface area contributed by atoms with Crippen molar-refractivity contribution in [3.8, 4) is 5.75 Å². The maximum absolute atomic E-state index is 13.7. The first kappa shape index (κ1) is 30.9. The summed E-state index contributed by atoms with van der Waals surface area (Å²) in [6.07, 6.45) is -13.5. The van der Waals surface area contributed by atoms with Gasteiger partial charge in [-0.15, -0.1) is 0 Å². The molecule has 0 atom stereocenters. The zero-order chi connectivity index (χ0) is 30.9. The number of halogens is 9. The highest BCUT2D eigenvalue weighted by atomic mass is 19.4. The molecule has 1 aliphatic carbocycles. The molecule has 42 heavy (non-hydrogen) atoms. The Morgan fingerprint density at radius 2 is 1.36 bits per heavy atom. The van der Waals surface area contributed by atoms with Crippen LogP contribution in [0.5, 0.6) is 5.75 Å². The predicted octanol–water partition coefficient (Wildman–Crippen LogP) is 8.99. The number of benzene rings is 2. The number of carbonyl (C=O) groups excluding carboxylic acids is 1. The zero-order valence-electron chi connectivity index (χ0n) is 21.8. The van der Waals surface area contributed by atoms with Crippen LogP contribution in [-0.2, 0) is 29.9 Å². The van der Waals surface area contributed by atoms with Gasteiger partial charge in [-0.3, -0.25) is 0 Å². The van der Waals surface area contributed by atoms with Crippen LogP contribution in [0.15, 0.2) is 54.6 Å². The summed E-state index contributed by atoms with van der Waals surface area (Å²) in [5.41, 5.74) is -3.28. The Hall–Kier alpha value is -4.03. The molecule has 0 aliphatic heterocycles. The lowest BCUT2D eigenvalue weighted by Gasteiger charge is -2.18. The fraction of sp³-hybridized carbons (Fsp3) is 0.310. The smallest absolute Gasteiger partial charge is 0.416 e. The first-order chi connectivity index (χ1) is 19.6. The second-order valence-corrected chi connectivity index (χ2v) is 9.35. The van der Waals surface area contributed by atoms with Gasteiger partial charge in [0.15, 0.2) is 0 Å². The number of nitrogens with zero attached hydrogens (tertiary/aromatic N) is 1. The summed E-state index contributed by atoms with van der Waals surface area (Å²) in [5, 5.41) is 0. The van der Waals surface area contributed by atoms with Gasteiger partial charge in [-0.25, -0.2) is 9.78 Å². The number of hydrogen-bond acceptors (Lipinski definition) is 4. The monoisotopic (exact) mass is 603 g/mol. The van der Waals surface area contributed by atoms with Crippen molar-refractivity contribution in [2.75, 3.05) is 6.61 Å². The topological polar surface area (TPSA) is 48.4 Å². The Morgan fingerprint density at radius 3 is 1.95 bits per heavy atom. The summed E-state index contributed by atoms with van der Waals surface area (Å²) in [7, 11) is 0. The molecule has 0 bridgehead atoms. The van der Waals surface area contributed by atoms with Gasteiger partial charge in [0, 0.05) is 5.56 Å². The number of aromatic nitrogens is 1. The predicted molar refractivity (Wildman–Crippen MR) is 133 cm³/mol. The molecule has 4 nitrogen and oxygen atoms in total. The van der Waals surface area contributed by atoms with E-state index in [1.807, 2.05) is 0 Å². The Morgan fingerprint density at radius 1 is 0.762 bits per heavy atom. The van der Waals surface area contributed by atoms with Crippen molar-refractivity contribution in [1.82, 2.24) is 4.98 Å². The fourth-order valence-corrected chi connectivity index (χ4v) is 4.50. The van der Waals surface area contributed by atoms with Crippen molar-refractivity contribution in [3.63, 3.8) is 0 Å². The summed E-state index contributed by atoms with van der Waals surface area (Å²) in [4.78, 5) is 16.3. The van der Waals surface area contributed by atoms with Crippen LogP contribution >= 0.6 is 0 Å². The summed E-state index contributed by atoms with van der Waals surface area (Å²) in [6, 6.07) is 7.89. The van der Waals surface area contributed by atoms with E-state index in [9.17, 15) is 44.3 Å². The number of rotatable bonds is 7. The summed E-state index contributed by atoms with van der Waals surface area (Å²) < 4.78 is 131. The van der Waals surface area contributed by atoms with Crippen molar-refractivity contribution in [3.05, 3.63) is 93.8 Å². The normalized spacial score (nSPS) is 14.3. The van der Waals surface area contributed by atoms with Crippen LogP contribution in [0.3, 0.4) is 0 Å². The van der Waals surface area contributed by atoms with Crippen molar-refractivity contribution >= 4 is 17.1 Å². The summed E-state index contributed by atoms with van der Waals surface area (Å²) >= 11 is 0. The van der Waals surface area contributed by atoms with E-state index in [-0.39, 0.29) is 54.2 Å². The van der Waals surface area contributed by atoms with E-state index < -0.39 is 46.9 Å². The van der Waals surface area contributed by atoms with Crippen molar-refractivity contribution in [1.29, 1.82) is 0 Å². The third-order valence-electron chi connectivity index (χ3n) is 6.47. The molecule has 0 N–H and O–H groups in total. The molecule has 2 aromatic carbocycles. The molecule has 0 radical (unpaired) electrons. The number of ether oxygens (including phenoxy) is 2. The van der Waals surface area contributed by atoms with Gasteiger partial charge in [0.25, 0.3) is 0 Å². The fourth-order valence-electron chi connectivity index (χ4n) is 4.50. The maximum atomic E-state index is 13.7. The lowest BCUT2D eigenvalue weighted by atomic mass is 9.96. The Kier molecular flexibility index (Phi) is 8.60. The Balaban J connectivity index is 1.80. The lowest BCUT2D eigenvalue weighted by Crippen LogP contribution is -2.13. The third-order valence-corrected chi connectivity index (χ3v) is 6.47. The maximum Gasteiger partial charge on any atom is 0.416 e. The average molecular weight is 603 g/mol. The summed E-state index contributed by atoms with van der Waals surface area (Å²) in [5.74, 6) is -1.15. The molecule has 0 saturated heterocycles. The highest BCUT2D eigenvalue weighted by Crippen LogP contribution is 2.45. The van der Waals surface area contributed by atoms with Crippen LogP contribution in [0, 0.1) is 0 Å². The lowest BCUT2D eigenvalue weighted by molar-refractivity contribution is -0.138. The Bertz CT molecular complexity index is 1490. The number of allylic oxidation sites excluding steroid dienone is 2. The van der Waals surface area contributed by atoms with Crippen molar-refractivity contribution in [2.24, 2.45) is 0 Å².